The van der Waals surface area contributed by atoms with Crippen LogP contribution in [0.1, 0.15) is 12.5 Å². The average molecular weight is 246 g/mol. The zero-order valence-electron chi connectivity index (χ0n) is 7.10. The normalized spacial score (nSPS) is 9.77. The van der Waals surface area contributed by atoms with Crippen molar-refractivity contribution in [2.24, 2.45) is 0 Å². The molecule has 0 unspecified atom stereocenters. The molecule has 0 radical (unpaired) electrons. The number of halogens is 2. The molecule has 2 nitrogen and oxygen atoms in total. The second kappa shape index (κ2) is 4.37. The first-order valence-corrected chi connectivity index (χ1v) is 4.57. The van der Waals surface area contributed by atoms with Gasteiger partial charge in [0.05, 0.1) is 4.47 Å². The molecule has 1 aromatic rings. The summed E-state index contributed by atoms with van der Waals surface area (Å²) < 4.78 is 13.4. The molecule has 4 heteroatoms. The maximum atomic E-state index is 12.9. The van der Waals surface area contributed by atoms with E-state index in [1.807, 2.05) is 0 Å². The van der Waals surface area contributed by atoms with Crippen molar-refractivity contribution in [1.82, 2.24) is 5.32 Å². The Morgan fingerprint density at radius 2 is 2.31 bits per heavy atom. The predicted molar refractivity (Wildman–Crippen MR) is 51.6 cm³/mol. The van der Waals surface area contributed by atoms with Gasteiger partial charge in [-0.15, -0.1) is 0 Å². The van der Waals surface area contributed by atoms with Crippen LogP contribution in [0.4, 0.5) is 4.39 Å². The monoisotopic (exact) mass is 245 g/mol. The number of amides is 1. The molecule has 0 aliphatic carbocycles. The summed E-state index contributed by atoms with van der Waals surface area (Å²) in [4.78, 5) is 10.6. The molecule has 1 aromatic carbocycles. The van der Waals surface area contributed by atoms with Gasteiger partial charge in [-0.25, -0.2) is 4.39 Å². The Hall–Kier alpha value is -0.900. The van der Waals surface area contributed by atoms with Crippen LogP contribution in [0.2, 0.25) is 0 Å². The van der Waals surface area contributed by atoms with Crippen LogP contribution < -0.4 is 5.32 Å². The lowest BCUT2D eigenvalue weighted by Gasteiger charge is -2.02. The van der Waals surface area contributed by atoms with Crippen molar-refractivity contribution in [3.63, 3.8) is 0 Å². The van der Waals surface area contributed by atoms with E-state index in [1.165, 1.54) is 13.0 Å². The Balaban J connectivity index is 2.68. The van der Waals surface area contributed by atoms with Crippen LogP contribution in [0.15, 0.2) is 22.7 Å². The highest BCUT2D eigenvalue weighted by Gasteiger charge is 2.00. The minimum Gasteiger partial charge on any atom is -0.352 e. The molecule has 0 atom stereocenters. The highest BCUT2D eigenvalue weighted by Crippen LogP contribution is 2.16. The van der Waals surface area contributed by atoms with E-state index in [1.54, 1.807) is 12.1 Å². The quantitative estimate of drug-likeness (QED) is 0.851. The van der Waals surface area contributed by atoms with Crippen LogP contribution >= 0.6 is 15.9 Å². The van der Waals surface area contributed by atoms with Gasteiger partial charge in [-0.3, -0.25) is 4.79 Å². The fraction of sp³-hybridized carbons (Fsp3) is 0.222. The fourth-order valence-electron chi connectivity index (χ4n) is 0.876. The van der Waals surface area contributed by atoms with E-state index in [2.05, 4.69) is 21.2 Å². The Kier molecular flexibility index (Phi) is 3.42. The highest BCUT2D eigenvalue weighted by molar-refractivity contribution is 9.10. The smallest absolute Gasteiger partial charge is 0.217 e. The third-order valence-electron chi connectivity index (χ3n) is 1.53. The minimum absolute atomic E-state index is 0.122. The van der Waals surface area contributed by atoms with Gasteiger partial charge >= 0.3 is 0 Å². The molecule has 0 aromatic heterocycles. The summed E-state index contributed by atoms with van der Waals surface area (Å²) in [7, 11) is 0. The second-order valence-electron chi connectivity index (χ2n) is 2.66. The molecule has 0 aliphatic rings. The van der Waals surface area contributed by atoms with Crippen LogP contribution in [-0.2, 0) is 11.3 Å². The molecule has 13 heavy (non-hydrogen) atoms. The van der Waals surface area contributed by atoms with Gasteiger partial charge < -0.3 is 5.32 Å². The van der Waals surface area contributed by atoms with Gasteiger partial charge in [0.15, 0.2) is 0 Å². The molecule has 0 saturated carbocycles. The Morgan fingerprint density at radius 3 is 2.85 bits per heavy atom. The first-order valence-electron chi connectivity index (χ1n) is 3.78. The summed E-state index contributed by atoms with van der Waals surface area (Å²) in [6.07, 6.45) is 0. The van der Waals surface area contributed by atoms with E-state index < -0.39 is 0 Å². The van der Waals surface area contributed by atoms with E-state index in [4.69, 9.17) is 0 Å². The maximum absolute atomic E-state index is 12.9. The number of rotatable bonds is 2. The fourth-order valence-corrected chi connectivity index (χ4v) is 1.12. The molecule has 0 aliphatic heterocycles. The number of nitrogens with one attached hydrogen (secondary N) is 1. The van der Waals surface area contributed by atoms with E-state index in [-0.39, 0.29) is 11.7 Å². The SMILES string of the molecule is CC(=O)NCc1ccc(Br)c(F)c1. The molecule has 0 saturated heterocycles. The van der Waals surface area contributed by atoms with Crippen molar-refractivity contribution in [3.8, 4) is 0 Å². The lowest BCUT2D eigenvalue weighted by molar-refractivity contribution is -0.119. The summed E-state index contributed by atoms with van der Waals surface area (Å²) in [5.41, 5.74) is 0.746. The number of benzene rings is 1. The zero-order chi connectivity index (χ0) is 9.84. The van der Waals surface area contributed by atoms with Crippen LogP contribution in [0.25, 0.3) is 0 Å². The Morgan fingerprint density at radius 1 is 1.62 bits per heavy atom. The van der Waals surface area contributed by atoms with Crippen molar-refractivity contribution in [1.29, 1.82) is 0 Å². The molecule has 0 bridgehead atoms. The van der Waals surface area contributed by atoms with E-state index in [0.29, 0.717) is 11.0 Å². The molecule has 0 spiro atoms. The van der Waals surface area contributed by atoms with Gasteiger partial charge in [-0.2, -0.15) is 0 Å². The topological polar surface area (TPSA) is 29.1 Å². The maximum Gasteiger partial charge on any atom is 0.217 e. The van der Waals surface area contributed by atoms with Crippen molar-refractivity contribution < 1.29 is 9.18 Å². The van der Waals surface area contributed by atoms with Gasteiger partial charge in [0.2, 0.25) is 5.91 Å². The lowest BCUT2D eigenvalue weighted by atomic mass is 10.2. The molecule has 1 N–H and O–H groups in total. The van der Waals surface area contributed by atoms with E-state index in [0.717, 1.165) is 5.56 Å². The molecule has 1 rings (SSSR count). The van der Waals surface area contributed by atoms with Gasteiger partial charge in [0.1, 0.15) is 5.82 Å². The second-order valence-corrected chi connectivity index (χ2v) is 3.51. The molecule has 70 valence electrons. The number of carbonyl (C=O) groups is 1. The third kappa shape index (κ3) is 3.14. The van der Waals surface area contributed by atoms with Gasteiger partial charge in [-0.05, 0) is 33.6 Å². The van der Waals surface area contributed by atoms with Gasteiger partial charge in [-0.1, -0.05) is 6.07 Å². The minimum atomic E-state index is -0.317. The van der Waals surface area contributed by atoms with Gasteiger partial charge in [0.25, 0.3) is 0 Å². The average Bonchev–Trinajstić information content (AvgIpc) is 2.07. The van der Waals surface area contributed by atoms with Crippen LogP contribution in [0.3, 0.4) is 0 Å². The predicted octanol–water partition coefficient (Wildman–Crippen LogP) is 2.22. The largest absolute Gasteiger partial charge is 0.352 e. The highest BCUT2D eigenvalue weighted by atomic mass is 79.9. The van der Waals surface area contributed by atoms with Crippen LogP contribution in [-0.4, -0.2) is 5.91 Å². The van der Waals surface area contributed by atoms with Crippen molar-refractivity contribution in [2.75, 3.05) is 0 Å². The standard InChI is InChI=1S/C9H9BrFNO/c1-6(13)12-5-7-2-3-8(10)9(11)4-7/h2-4H,5H2,1H3,(H,12,13). The van der Waals surface area contributed by atoms with E-state index >= 15 is 0 Å². The zero-order valence-corrected chi connectivity index (χ0v) is 8.69. The molecular formula is C9H9BrFNO. The van der Waals surface area contributed by atoms with Crippen molar-refractivity contribution in [3.05, 3.63) is 34.1 Å². The van der Waals surface area contributed by atoms with Crippen molar-refractivity contribution in [2.45, 2.75) is 13.5 Å². The first kappa shape index (κ1) is 10.2. The third-order valence-corrected chi connectivity index (χ3v) is 2.17. The molecule has 0 heterocycles. The Bertz CT molecular complexity index is 327. The molecular weight excluding hydrogens is 237 g/mol. The first-order chi connectivity index (χ1) is 6.09. The molecule has 1 amide bonds. The van der Waals surface area contributed by atoms with Crippen LogP contribution in [0, 0.1) is 5.82 Å². The van der Waals surface area contributed by atoms with Gasteiger partial charge in [0, 0.05) is 13.5 Å². The summed E-state index contributed by atoms with van der Waals surface area (Å²) in [5, 5.41) is 2.59. The number of hydrogen-bond donors (Lipinski definition) is 1. The van der Waals surface area contributed by atoms with Crippen LogP contribution in [0.5, 0.6) is 0 Å². The summed E-state index contributed by atoms with van der Waals surface area (Å²) in [6, 6.07) is 4.76. The Labute approximate surface area is 84.3 Å². The molecule has 0 fully saturated rings. The summed E-state index contributed by atoms with van der Waals surface area (Å²) in [5.74, 6) is -0.439. The number of hydrogen-bond acceptors (Lipinski definition) is 1. The van der Waals surface area contributed by atoms with Crippen molar-refractivity contribution >= 4 is 21.8 Å². The summed E-state index contributed by atoms with van der Waals surface area (Å²) >= 11 is 3.05. The van der Waals surface area contributed by atoms with E-state index in [9.17, 15) is 9.18 Å². The summed E-state index contributed by atoms with van der Waals surface area (Å²) in [6.45, 7) is 1.79. The number of carbonyl (C=O) groups excluding carboxylic acids is 1. The lowest BCUT2D eigenvalue weighted by Crippen LogP contribution is -2.18.